The van der Waals surface area contributed by atoms with Crippen LogP contribution in [-0.2, 0) is 14.3 Å². The molecule has 0 saturated carbocycles. The highest BCUT2D eigenvalue weighted by molar-refractivity contribution is 8.01. The Morgan fingerprint density at radius 2 is 2.04 bits per heavy atom. The lowest BCUT2D eigenvalue weighted by molar-refractivity contribution is -0.137. The summed E-state index contributed by atoms with van der Waals surface area (Å²) in [6.45, 7) is -0.169. The molecule has 0 aliphatic rings. The van der Waals surface area contributed by atoms with E-state index in [1.54, 1.807) is 31.4 Å². The number of ether oxygens (including phenoxy) is 3. The zero-order valence-electron chi connectivity index (χ0n) is 13.0. The number of hydrogen-bond acceptors (Lipinski definition) is 9. The number of anilines is 1. The van der Waals surface area contributed by atoms with Gasteiger partial charge in [0.15, 0.2) is 10.9 Å². The number of amides is 1. The Balaban J connectivity index is 1.79. The van der Waals surface area contributed by atoms with Crippen LogP contribution in [0, 0.1) is 0 Å². The van der Waals surface area contributed by atoms with E-state index in [2.05, 4.69) is 20.3 Å². The minimum atomic E-state index is -0.363. The van der Waals surface area contributed by atoms with Crippen LogP contribution in [0.4, 0.5) is 5.13 Å². The van der Waals surface area contributed by atoms with Crippen LogP contribution in [0.3, 0.4) is 0 Å². The monoisotopic (exact) mass is 369 g/mol. The van der Waals surface area contributed by atoms with Gasteiger partial charge in [0.25, 0.3) is 5.91 Å². The highest BCUT2D eigenvalue weighted by Gasteiger charge is 2.11. The molecule has 1 aromatic heterocycles. The van der Waals surface area contributed by atoms with Gasteiger partial charge in [0.05, 0.1) is 20.0 Å². The lowest BCUT2D eigenvalue weighted by Gasteiger charge is -2.06. The van der Waals surface area contributed by atoms with Gasteiger partial charge in [-0.25, -0.2) is 0 Å². The summed E-state index contributed by atoms with van der Waals surface area (Å²) in [4.78, 5) is 22.9. The van der Waals surface area contributed by atoms with Gasteiger partial charge in [-0.05, 0) is 12.1 Å². The summed E-state index contributed by atoms with van der Waals surface area (Å²) >= 11 is 2.36. The van der Waals surface area contributed by atoms with Crippen LogP contribution in [-0.4, -0.2) is 48.7 Å². The van der Waals surface area contributed by atoms with E-state index >= 15 is 0 Å². The molecule has 1 amide bonds. The van der Waals surface area contributed by atoms with Gasteiger partial charge in [-0.2, -0.15) is 0 Å². The second-order valence-corrected chi connectivity index (χ2v) is 6.45. The van der Waals surface area contributed by atoms with E-state index in [4.69, 9.17) is 9.47 Å². The third kappa shape index (κ3) is 5.70. The standard InChI is InChI=1S/C14H15N3O5S2/c1-20-9-4-3-5-10(6-9)22-7-11(18)15-13-16-17-14(24-13)23-8-12(19)21-2/h3-6H,7-8H2,1-2H3,(H,15,16,18). The molecule has 0 unspecified atom stereocenters. The first kappa shape index (κ1) is 18.0. The van der Waals surface area contributed by atoms with Gasteiger partial charge in [-0.1, -0.05) is 29.2 Å². The van der Waals surface area contributed by atoms with Crippen LogP contribution in [0.5, 0.6) is 11.5 Å². The van der Waals surface area contributed by atoms with Gasteiger partial charge in [0.2, 0.25) is 5.13 Å². The number of carbonyl (C=O) groups excluding carboxylic acids is 2. The van der Waals surface area contributed by atoms with Crippen molar-refractivity contribution in [2.75, 3.05) is 31.9 Å². The molecule has 0 bridgehead atoms. The molecule has 0 spiro atoms. The van der Waals surface area contributed by atoms with Gasteiger partial charge < -0.3 is 14.2 Å². The highest BCUT2D eigenvalue weighted by Crippen LogP contribution is 2.25. The summed E-state index contributed by atoms with van der Waals surface area (Å²) in [6.07, 6.45) is 0. The van der Waals surface area contributed by atoms with E-state index in [1.165, 1.54) is 30.2 Å². The Labute approximate surface area is 146 Å². The molecule has 0 fully saturated rings. The first-order chi connectivity index (χ1) is 11.6. The maximum atomic E-state index is 11.9. The van der Waals surface area contributed by atoms with Crippen molar-refractivity contribution in [3.63, 3.8) is 0 Å². The van der Waals surface area contributed by atoms with Crippen molar-refractivity contribution in [1.29, 1.82) is 0 Å². The number of esters is 1. The van der Waals surface area contributed by atoms with Crippen molar-refractivity contribution in [3.05, 3.63) is 24.3 Å². The summed E-state index contributed by atoms with van der Waals surface area (Å²) in [5.74, 6) is 0.587. The van der Waals surface area contributed by atoms with Gasteiger partial charge in [-0.3, -0.25) is 14.9 Å². The first-order valence-electron chi connectivity index (χ1n) is 6.70. The number of thioether (sulfide) groups is 1. The highest BCUT2D eigenvalue weighted by atomic mass is 32.2. The van der Waals surface area contributed by atoms with E-state index in [9.17, 15) is 9.59 Å². The largest absolute Gasteiger partial charge is 0.497 e. The molecule has 0 aliphatic carbocycles. The number of aromatic nitrogens is 2. The molecule has 1 aromatic carbocycles. The molecule has 1 N–H and O–H groups in total. The number of benzene rings is 1. The molecule has 2 rings (SSSR count). The summed E-state index contributed by atoms with van der Waals surface area (Å²) in [6, 6.07) is 6.95. The molecule has 24 heavy (non-hydrogen) atoms. The normalized spacial score (nSPS) is 10.1. The fourth-order valence-electron chi connectivity index (χ4n) is 1.49. The second kappa shape index (κ2) is 9.08. The molecule has 0 aliphatic heterocycles. The summed E-state index contributed by atoms with van der Waals surface area (Å²) in [7, 11) is 2.87. The Bertz CT molecular complexity index is 707. The predicted molar refractivity (Wildman–Crippen MR) is 89.8 cm³/mol. The van der Waals surface area contributed by atoms with Crippen LogP contribution in [0.15, 0.2) is 28.6 Å². The second-order valence-electron chi connectivity index (χ2n) is 4.25. The maximum Gasteiger partial charge on any atom is 0.316 e. The van der Waals surface area contributed by atoms with Crippen LogP contribution in [0.25, 0.3) is 0 Å². The van der Waals surface area contributed by atoms with E-state index < -0.39 is 0 Å². The van der Waals surface area contributed by atoms with Gasteiger partial charge >= 0.3 is 5.97 Å². The van der Waals surface area contributed by atoms with Crippen LogP contribution in [0.2, 0.25) is 0 Å². The first-order valence-corrected chi connectivity index (χ1v) is 8.50. The molecule has 8 nitrogen and oxygen atoms in total. The molecule has 128 valence electrons. The van der Waals surface area contributed by atoms with E-state index in [-0.39, 0.29) is 24.2 Å². The summed E-state index contributed by atoms with van der Waals surface area (Å²) in [5, 5.41) is 10.6. The van der Waals surface area contributed by atoms with Gasteiger partial charge in [0.1, 0.15) is 11.5 Å². The van der Waals surface area contributed by atoms with E-state index in [0.29, 0.717) is 21.0 Å². The molecular formula is C14H15N3O5S2. The average Bonchev–Trinajstić information content (AvgIpc) is 3.05. The molecule has 1 heterocycles. The fourth-order valence-corrected chi connectivity index (χ4v) is 3.09. The Morgan fingerprint density at radius 3 is 2.79 bits per heavy atom. The molecule has 10 heteroatoms. The number of methoxy groups -OCH3 is 2. The number of rotatable bonds is 8. The number of nitrogens with one attached hydrogen (secondary N) is 1. The molecule has 0 atom stereocenters. The topological polar surface area (TPSA) is 99.6 Å². The quantitative estimate of drug-likeness (QED) is 0.427. The molecule has 0 radical (unpaired) electrons. The average molecular weight is 369 g/mol. The third-order valence-electron chi connectivity index (χ3n) is 2.61. The van der Waals surface area contributed by atoms with Crippen molar-refractivity contribution in [2.45, 2.75) is 4.34 Å². The number of hydrogen-bond donors (Lipinski definition) is 1. The summed E-state index contributed by atoms with van der Waals surface area (Å²) < 4.78 is 15.6. The van der Waals surface area contributed by atoms with Crippen molar-refractivity contribution in [1.82, 2.24) is 10.2 Å². The predicted octanol–water partition coefficient (Wildman–Crippen LogP) is 1.83. The van der Waals surface area contributed by atoms with Crippen molar-refractivity contribution in [3.8, 4) is 11.5 Å². The molecular weight excluding hydrogens is 354 g/mol. The fraction of sp³-hybridized carbons (Fsp3) is 0.286. The lowest BCUT2D eigenvalue weighted by Crippen LogP contribution is -2.20. The summed E-state index contributed by atoms with van der Waals surface area (Å²) in [5.41, 5.74) is 0. The number of nitrogens with zero attached hydrogens (tertiary/aromatic N) is 2. The van der Waals surface area contributed by atoms with Crippen LogP contribution >= 0.6 is 23.1 Å². The van der Waals surface area contributed by atoms with Crippen molar-refractivity contribution >= 4 is 40.1 Å². The smallest absolute Gasteiger partial charge is 0.316 e. The Kier molecular flexibility index (Phi) is 6.82. The third-order valence-corrected chi connectivity index (χ3v) is 4.55. The maximum absolute atomic E-state index is 11.9. The minimum Gasteiger partial charge on any atom is -0.497 e. The minimum absolute atomic E-state index is 0.137. The van der Waals surface area contributed by atoms with Gasteiger partial charge in [0, 0.05) is 6.07 Å². The SMILES string of the molecule is COC(=O)CSc1nnc(NC(=O)COc2cccc(OC)c2)s1. The lowest BCUT2D eigenvalue weighted by atomic mass is 10.3. The Hall–Kier alpha value is -2.33. The van der Waals surface area contributed by atoms with Crippen LogP contribution in [0.1, 0.15) is 0 Å². The van der Waals surface area contributed by atoms with E-state index in [1.807, 2.05) is 0 Å². The van der Waals surface area contributed by atoms with Gasteiger partial charge in [-0.15, -0.1) is 10.2 Å². The molecule has 2 aromatic rings. The van der Waals surface area contributed by atoms with Crippen LogP contribution < -0.4 is 14.8 Å². The Morgan fingerprint density at radius 1 is 1.25 bits per heavy atom. The zero-order valence-corrected chi connectivity index (χ0v) is 14.6. The zero-order chi connectivity index (χ0) is 17.4. The molecule has 0 saturated heterocycles. The van der Waals surface area contributed by atoms with Crippen molar-refractivity contribution in [2.24, 2.45) is 0 Å². The van der Waals surface area contributed by atoms with E-state index in [0.717, 1.165) is 0 Å². The van der Waals surface area contributed by atoms with Crippen molar-refractivity contribution < 1.29 is 23.8 Å². The number of carbonyl (C=O) groups is 2.